The lowest BCUT2D eigenvalue weighted by atomic mass is 10.1. The average Bonchev–Trinajstić information content (AvgIpc) is 2.97. The van der Waals surface area contributed by atoms with Crippen molar-refractivity contribution in [2.75, 3.05) is 26.7 Å². The normalized spacial score (nSPS) is 15.7. The highest BCUT2D eigenvalue weighted by molar-refractivity contribution is 7.89. The van der Waals surface area contributed by atoms with Crippen molar-refractivity contribution in [2.45, 2.75) is 17.5 Å². The number of nitriles is 1. The largest absolute Gasteiger partial charge is 0.504 e. The summed E-state index contributed by atoms with van der Waals surface area (Å²) in [6.45, 7) is -0.618. The Kier molecular flexibility index (Phi) is 8.13. The summed E-state index contributed by atoms with van der Waals surface area (Å²) >= 11 is 0. The first kappa shape index (κ1) is 28.2. The molecule has 3 aromatic carbocycles. The minimum absolute atomic E-state index is 0.0722. The number of aromatic hydroxyl groups is 3. The molecule has 0 bridgehead atoms. The number of benzene rings is 3. The molecular formula is C27H26N4O8S. The molecular weight excluding hydrogens is 540 g/mol. The Bertz CT molecular complexity index is 1540. The molecule has 1 fully saturated rings. The molecule has 3 aromatic rings. The molecule has 1 heterocycles. The molecule has 1 aliphatic rings. The van der Waals surface area contributed by atoms with E-state index in [1.807, 2.05) is 6.07 Å². The number of piperazine rings is 1. The first-order chi connectivity index (χ1) is 19.0. The fourth-order valence-corrected chi connectivity index (χ4v) is 5.68. The van der Waals surface area contributed by atoms with E-state index in [0.717, 1.165) is 26.9 Å². The number of carbonyl (C=O) groups excluding carboxylic acids is 2. The van der Waals surface area contributed by atoms with E-state index in [2.05, 4.69) is 5.32 Å². The van der Waals surface area contributed by atoms with E-state index in [-0.39, 0.29) is 42.2 Å². The van der Waals surface area contributed by atoms with Gasteiger partial charge in [-0.2, -0.15) is 9.57 Å². The summed E-state index contributed by atoms with van der Waals surface area (Å²) in [5.41, 5.74) is 0.813. The number of hydrogen-bond donors (Lipinski definition) is 4. The number of carbonyl (C=O) groups is 2. The van der Waals surface area contributed by atoms with Gasteiger partial charge in [0.1, 0.15) is 11.8 Å². The molecule has 0 spiro atoms. The van der Waals surface area contributed by atoms with Crippen molar-refractivity contribution in [3.05, 3.63) is 77.4 Å². The van der Waals surface area contributed by atoms with E-state index in [4.69, 9.17) is 10.00 Å². The molecule has 2 amide bonds. The molecule has 40 heavy (non-hydrogen) atoms. The molecule has 0 aromatic heterocycles. The van der Waals surface area contributed by atoms with Gasteiger partial charge in [-0.25, -0.2) is 8.42 Å². The van der Waals surface area contributed by atoms with E-state index >= 15 is 0 Å². The van der Waals surface area contributed by atoms with Crippen molar-refractivity contribution in [2.24, 2.45) is 0 Å². The van der Waals surface area contributed by atoms with Crippen LogP contribution in [0.15, 0.2) is 65.6 Å². The van der Waals surface area contributed by atoms with Crippen LogP contribution >= 0.6 is 0 Å². The molecule has 0 aliphatic carbocycles. The second-order valence-electron chi connectivity index (χ2n) is 8.94. The first-order valence-corrected chi connectivity index (χ1v) is 13.5. The fourth-order valence-electron chi connectivity index (χ4n) is 4.24. The molecule has 0 radical (unpaired) electrons. The molecule has 4 N–H and O–H groups in total. The van der Waals surface area contributed by atoms with Crippen LogP contribution in [-0.4, -0.2) is 77.5 Å². The topological polar surface area (TPSA) is 180 Å². The highest BCUT2D eigenvalue weighted by atomic mass is 32.2. The molecule has 0 saturated carbocycles. The number of phenols is 3. The number of ether oxygens (including phenoxy) is 1. The Morgan fingerprint density at radius 3 is 2.23 bits per heavy atom. The number of methoxy groups -OCH3 is 1. The van der Waals surface area contributed by atoms with Gasteiger partial charge >= 0.3 is 0 Å². The van der Waals surface area contributed by atoms with Gasteiger partial charge in [-0.15, -0.1) is 0 Å². The maximum Gasteiger partial charge on any atom is 0.254 e. The van der Waals surface area contributed by atoms with Gasteiger partial charge in [-0.1, -0.05) is 12.1 Å². The molecule has 4 rings (SSSR count). The van der Waals surface area contributed by atoms with Crippen molar-refractivity contribution in [3.8, 4) is 29.1 Å². The third kappa shape index (κ3) is 5.78. The number of rotatable bonds is 7. The van der Waals surface area contributed by atoms with Crippen molar-refractivity contribution >= 4 is 21.8 Å². The highest BCUT2D eigenvalue weighted by Gasteiger charge is 2.40. The van der Waals surface area contributed by atoms with Gasteiger partial charge < -0.3 is 30.3 Å². The first-order valence-electron chi connectivity index (χ1n) is 12.0. The summed E-state index contributed by atoms with van der Waals surface area (Å²) in [4.78, 5) is 27.9. The SMILES string of the molecule is COc1ccc(CNC(=O)C2CN(S(=O)(=O)c3ccc(C#N)cc3)CCN2C(=O)c2cc(O)c(O)c(O)c2)cc1. The van der Waals surface area contributed by atoms with Crippen LogP contribution in [0.2, 0.25) is 0 Å². The van der Waals surface area contributed by atoms with Gasteiger partial charge in [0.05, 0.1) is 23.6 Å². The summed E-state index contributed by atoms with van der Waals surface area (Å²) < 4.78 is 33.0. The van der Waals surface area contributed by atoms with Crippen LogP contribution in [0.3, 0.4) is 0 Å². The van der Waals surface area contributed by atoms with Crippen LogP contribution < -0.4 is 10.1 Å². The van der Waals surface area contributed by atoms with Crippen molar-refractivity contribution in [1.29, 1.82) is 5.26 Å². The monoisotopic (exact) mass is 566 g/mol. The van der Waals surface area contributed by atoms with Gasteiger partial charge in [0.2, 0.25) is 15.9 Å². The second kappa shape index (κ2) is 11.5. The number of amides is 2. The molecule has 208 valence electrons. The molecule has 13 heteroatoms. The molecule has 1 unspecified atom stereocenters. The summed E-state index contributed by atoms with van der Waals surface area (Å²) in [6, 6.07) is 14.8. The third-order valence-electron chi connectivity index (χ3n) is 6.47. The average molecular weight is 567 g/mol. The van der Waals surface area contributed by atoms with E-state index in [1.54, 1.807) is 24.3 Å². The maximum absolute atomic E-state index is 13.4. The number of sulfonamides is 1. The molecule has 1 aliphatic heterocycles. The standard InChI is InChI=1S/C27H26N4O8S/c1-39-20-6-2-18(3-7-20)15-29-26(35)22-16-30(40(37,38)21-8-4-17(14-28)5-9-21)10-11-31(22)27(36)19-12-23(32)25(34)24(33)13-19/h2-9,12-13,22,32-34H,10-11,15-16H2,1H3,(H,29,35). The lowest BCUT2D eigenvalue weighted by Crippen LogP contribution is -2.61. The van der Waals surface area contributed by atoms with Crippen LogP contribution in [-0.2, 0) is 21.4 Å². The summed E-state index contributed by atoms with van der Waals surface area (Å²) in [7, 11) is -2.56. The van der Waals surface area contributed by atoms with Crippen LogP contribution in [0.5, 0.6) is 23.0 Å². The van der Waals surface area contributed by atoms with E-state index in [1.165, 1.54) is 31.4 Å². The van der Waals surface area contributed by atoms with E-state index < -0.39 is 45.1 Å². The zero-order chi connectivity index (χ0) is 29.0. The van der Waals surface area contributed by atoms with Crippen molar-refractivity contribution in [3.63, 3.8) is 0 Å². The highest BCUT2D eigenvalue weighted by Crippen LogP contribution is 2.36. The summed E-state index contributed by atoms with van der Waals surface area (Å²) in [5, 5.41) is 41.2. The van der Waals surface area contributed by atoms with E-state index in [0.29, 0.717) is 5.75 Å². The smallest absolute Gasteiger partial charge is 0.254 e. The predicted molar refractivity (Wildman–Crippen MR) is 141 cm³/mol. The van der Waals surface area contributed by atoms with Gasteiger partial charge in [0.25, 0.3) is 5.91 Å². The van der Waals surface area contributed by atoms with Crippen LogP contribution in [0, 0.1) is 11.3 Å². The minimum Gasteiger partial charge on any atom is -0.504 e. The Labute approximate surface area is 230 Å². The minimum atomic E-state index is -4.08. The van der Waals surface area contributed by atoms with Gasteiger partial charge in [-0.05, 0) is 54.1 Å². The molecule has 1 saturated heterocycles. The lowest BCUT2D eigenvalue weighted by Gasteiger charge is -2.40. The van der Waals surface area contributed by atoms with Crippen LogP contribution in [0.4, 0.5) is 0 Å². The van der Waals surface area contributed by atoms with Gasteiger partial charge in [-0.3, -0.25) is 9.59 Å². The quantitative estimate of drug-likeness (QED) is 0.308. The predicted octanol–water partition coefficient (Wildman–Crippen LogP) is 1.52. The fraction of sp³-hybridized carbons (Fsp3) is 0.222. The third-order valence-corrected chi connectivity index (χ3v) is 8.35. The zero-order valence-corrected chi connectivity index (χ0v) is 22.1. The van der Waals surface area contributed by atoms with Crippen molar-refractivity contribution in [1.82, 2.24) is 14.5 Å². The Hall–Kier alpha value is -4.80. The number of nitrogens with one attached hydrogen (secondary N) is 1. The van der Waals surface area contributed by atoms with Crippen LogP contribution in [0.25, 0.3) is 0 Å². The lowest BCUT2D eigenvalue weighted by molar-refractivity contribution is -0.127. The Morgan fingerprint density at radius 1 is 1.02 bits per heavy atom. The van der Waals surface area contributed by atoms with E-state index in [9.17, 15) is 33.3 Å². The molecule has 12 nitrogen and oxygen atoms in total. The number of nitrogens with zero attached hydrogens (tertiary/aromatic N) is 3. The van der Waals surface area contributed by atoms with Crippen LogP contribution in [0.1, 0.15) is 21.5 Å². The Morgan fingerprint density at radius 2 is 1.65 bits per heavy atom. The Balaban J connectivity index is 1.61. The summed E-state index contributed by atoms with van der Waals surface area (Å²) in [6.07, 6.45) is 0. The summed E-state index contributed by atoms with van der Waals surface area (Å²) in [5.74, 6) is -3.02. The maximum atomic E-state index is 13.4. The number of phenolic OH excluding ortho intramolecular Hbond substituents is 3. The van der Waals surface area contributed by atoms with Gasteiger partial charge in [0.15, 0.2) is 17.2 Å². The number of hydrogen-bond acceptors (Lipinski definition) is 9. The van der Waals surface area contributed by atoms with Gasteiger partial charge in [0, 0.05) is 31.7 Å². The second-order valence-corrected chi connectivity index (χ2v) is 10.9. The molecule has 1 atom stereocenters. The van der Waals surface area contributed by atoms with Crippen molar-refractivity contribution < 1.29 is 38.1 Å². The zero-order valence-electron chi connectivity index (χ0n) is 21.3.